The topological polar surface area (TPSA) is 115 Å². The third-order valence-corrected chi connectivity index (χ3v) is 8.49. The molecule has 0 aromatic carbocycles. The maximum absolute atomic E-state index is 12.7. The van der Waals surface area contributed by atoms with E-state index in [9.17, 15) is 9.90 Å². The summed E-state index contributed by atoms with van der Waals surface area (Å²) in [6, 6.07) is 0. The van der Waals surface area contributed by atoms with E-state index in [1.54, 1.807) is 7.05 Å². The van der Waals surface area contributed by atoms with Crippen molar-refractivity contribution in [1.82, 2.24) is 14.7 Å². The molecule has 9 nitrogen and oxygen atoms in total. The fourth-order valence-electron chi connectivity index (χ4n) is 2.37. The van der Waals surface area contributed by atoms with Gasteiger partial charge in [0.25, 0.3) is 5.91 Å². The molecule has 1 fully saturated rings. The molecule has 22 heavy (non-hydrogen) atoms. The second-order valence-electron chi connectivity index (χ2n) is 5.26. The number of hydrogen-bond donors (Lipinski definition) is 3. The SMILES string of the molecule is CN1C(=O)C2(I)N(C)CN(COCC(O)CO)[C@@]2(I)N=C1N. The number of nitrogens with two attached hydrogens (primary N) is 1. The lowest BCUT2D eigenvalue weighted by Gasteiger charge is -2.44. The van der Waals surface area contributed by atoms with Gasteiger partial charge in [0.15, 0.2) is 0 Å². The van der Waals surface area contributed by atoms with E-state index in [4.69, 9.17) is 15.6 Å². The number of fused-ring (bicyclic) bond motifs is 1. The monoisotopic (exact) mass is 539 g/mol. The molecule has 3 atom stereocenters. The van der Waals surface area contributed by atoms with Crippen molar-refractivity contribution in [3.63, 3.8) is 0 Å². The number of alkyl halides is 2. The fraction of sp³-hybridized carbons (Fsp3) is 0.818. The third-order valence-electron chi connectivity index (χ3n) is 3.71. The molecule has 0 radical (unpaired) electrons. The number of carbonyl (C=O) groups excluding carboxylic acids is 1. The van der Waals surface area contributed by atoms with Crippen LogP contribution in [-0.4, -0.2) is 90.8 Å². The lowest BCUT2D eigenvalue weighted by Crippen LogP contribution is -2.66. The van der Waals surface area contributed by atoms with Crippen LogP contribution in [-0.2, 0) is 9.53 Å². The molecule has 0 aromatic heterocycles. The van der Waals surface area contributed by atoms with Gasteiger partial charge in [-0.1, -0.05) is 0 Å². The zero-order chi connectivity index (χ0) is 16.7. The first-order valence-corrected chi connectivity index (χ1v) is 8.68. The third kappa shape index (κ3) is 2.73. The summed E-state index contributed by atoms with van der Waals surface area (Å²) in [6.45, 7) is 0.255. The summed E-state index contributed by atoms with van der Waals surface area (Å²) in [5.74, 6) is 0.0118. The number of halogens is 2. The van der Waals surface area contributed by atoms with Crippen LogP contribution in [0.25, 0.3) is 0 Å². The molecule has 2 aliphatic heterocycles. The molecule has 0 bridgehead atoms. The average molecular weight is 539 g/mol. The number of hydrogen-bond acceptors (Lipinski definition) is 8. The Hall–Kier alpha value is 0.200. The molecule has 11 heteroatoms. The van der Waals surface area contributed by atoms with Gasteiger partial charge in [0.05, 0.1) is 19.9 Å². The summed E-state index contributed by atoms with van der Waals surface area (Å²) in [5.41, 5.74) is 5.86. The summed E-state index contributed by atoms with van der Waals surface area (Å²) in [4.78, 5) is 22.3. The summed E-state index contributed by atoms with van der Waals surface area (Å²) in [6.07, 6.45) is -0.928. The van der Waals surface area contributed by atoms with E-state index >= 15 is 0 Å². The highest BCUT2D eigenvalue weighted by molar-refractivity contribution is 14.1. The Labute approximate surface area is 155 Å². The number of ether oxygens (including phenoxy) is 1. The summed E-state index contributed by atoms with van der Waals surface area (Å²) in [5, 5.41) is 18.1. The number of rotatable bonds is 5. The molecule has 2 heterocycles. The zero-order valence-corrected chi connectivity index (χ0v) is 16.6. The van der Waals surface area contributed by atoms with Crippen molar-refractivity contribution in [1.29, 1.82) is 0 Å². The van der Waals surface area contributed by atoms with Crippen molar-refractivity contribution in [2.24, 2.45) is 10.7 Å². The molecule has 0 saturated carbocycles. The highest BCUT2D eigenvalue weighted by atomic mass is 127. The minimum atomic E-state index is -0.928. The molecule has 0 spiro atoms. The molecule has 2 aliphatic rings. The number of amides is 1. The Morgan fingerprint density at radius 2 is 2.14 bits per heavy atom. The molecular formula is C11H19I2N5O4. The standard InChI is InChI=1S/C11H19I2N5O4/c1-16-5-18(6-22-4-7(20)3-19)11(13)10(16,12)8(21)17(2)9(14)15-11/h7,19-20H,3-6H2,1-2H3,(H2,14,15)/t7?,10?,11-/m0/s1. The van der Waals surface area contributed by atoms with E-state index in [-0.39, 0.29) is 31.8 Å². The average Bonchev–Trinajstić information content (AvgIpc) is 2.67. The molecule has 2 rings (SSSR count). The molecule has 1 saturated heterocycles. The number of aliphatic hydroxyl groups is 2. The minimum Gasteiger partial charge on any atom is -0.394 e. The Bertz CT molecular complexity index is 495. The van der Waals surface area contributed by atoms with E-state index in [0.717, 1.165) is 0 Å². The Kier molecular flexibility index (Phi) is 5.56. The second-order valence-corrected chi connectivity index (χ2v) is 8.32. The van der Waals surface area contributed by atoms with Crippen LogP contribution in [0.3, 0.4) is 0 Å². The van der Waals surface area contributed by atoms with Gasteiger partial charge in [0.1, 0.15) is 12.8 Å². The predicted octanol–water partition coefficient (Wildman–Crippen LogP) is -1.47. The number of carbonyl (C=O) groups is 1. The molecule has 4 N–H and O–H groups in total. The van der Waals surface area contributed by atoms with Crippen LogP contribution in [0.15, 0.2) is 4.99 Å². The van der Waals surface area contributed by atoms with Crippen LogP contribution in [0.5, 0.6) is 0 Å². The van der Waals surface area contributed by atoms with E-state index in [2.05, 4.69) is 50.2 Å². The molecule has 2 unspecified atom stereocenters. The first-order valence-electron chi connectivity index (χ1n) is 6.52. The Balaban J connectivity index is 2.23. The summed E-state index contributed by atoms with van der Waals surface area (Å²) >= 11 is 4.22. The van der Waals surface area contributed by atoms with Gasteiger partial charge < -0.3 is 20.7 Å². The van der Waals surface area contributed by atoms with Crippen LogP contribution in [0.4, 0.5) is 0 Å². The summed E-state index contributed by atoms with van der Waals surface area (Å²) in [7, 11) is 3.44. The molecule has 0 aliphatic carbocycles. The second kappa shape index (κ2) is 6.60. The maximum atomic E-state index is 12.7. The minimum absolute atomic E-state index is 0.00469. The van der Waals surface area contributed by atoms with Gasteiger partial charge in [0.2, 0.25) is 13.2 Å². The van der Waals surface area contributed by atoms with Crippen LogP contribution in [0, 0.1) is 0 Å². The molecule has 1 amide bonds. The van der Waals surface area contributed by atoms with Crippen molar-refractivity contribution < 1.29 is 19.7 Å². The van der Waals surface area contributed by atoms with E-state index < -0.39 is 13.3 Å². The van der Waals surface area contributed by atoms with Crippen LogP contribution in [0.1, 0.15) is 0 Å². The quantitative estimate of drug-likeness (QED) is 0.222. The highest BCUT2D eigenvalue weighted by Gasteiger charge is 2.68. The lowest BCUT2D eigenvalue weighted by atomic mass is 10.1. The van der Waals surface area contributed by atoms with Crippen LogP contribution < -0.4 is 5.73 Å². The summed E-state index contributed by atoms with van der Waals surface area (Å²) < 4.78 is 3.62. The van der Waals surface area contributed by atoms with Crippen LogP contribution in [0.2, 0.25) is 0 Å². The highest BCUT2D eigenvalue weighted by Crippen LogP contribution is 2.52. The normalized spacial score (nSPS) is 34.7. The first kappa shape index (κ1) is 18.5. The number of aliphatic imine (C=N–C) groups is 1. The number of likely N-dealkylation sites (N-methyl/N-ethyl adjacent to an activating group) is 2. The van der Waals surface area contributed by atoms with Gasteiger partial charge in [0, 0.05) is 7.05 Å². The number of guanidine groups is 1. The van der Waals surface area contributed by atoms with Gasteiger partial charge in [-0.25, -0.2) is 9.89 Å². The number of nitrogens with zero attached hydrogens (tertiary/aromatic N) is 4. The van der Waals surface area contributed by atoms with E-state index in [1.165, 1.54) is 4.90 Å². The molecule has 0 aromatic rings. The molecule has 126 valence electrons. The smallest absolute Gasteiger partial charge is 0.264 e. The van der Waals surface area contributed by atoms with Crippen molar-refractivity contribution in [3.05, 3.63) is 0 Å². The van der Waals surface area contributed by atoms with Crippen molar-refractivity contribution >= 4 is 57.0 Å². The van der Waals surface area contributed by atoms with Gasteiger partial charge in [-0.3, -0.25) is 14.6 Å². The van der Waals surface area contributed by atoms with Gasteiger partial charge >= 0.3 is 0 Å². The van der Waals surface area contributed by atoms with Crippen molar-refractivity contribution in [2.75, 3.05) is 40.7 Å². The van der Waals surface area contributed by atoms with Crippen molar-refractivity contribution in [2.45, 2.75) is 13.3 Å². The fourth-order valence-corrected chi connectivity index (χ4v) is 4.53. The maximum Gasteiger partial charge on any atom is 0.264 e. The lowest BCUT2D eigenvalue weighted by molar-refractivity contribution is -0.133. The Morgan fingerprint density at radius 1 is 1.50 bits per heavy atom. The zero-order valence-electron chi connectivity index (χ0n) is 12.2. The van der Waals surface area contributed by atoms with E-state index in [0.29, 0.717) is 6.67 Å². The first-order chi connectivity index (χ1) is 10.2. The van der Waals surface area contributed by atoms with Crippen molar-refractivity contribution in [3.8, 4) is 0 Å². The van der Waals surface area contributed by atoms with Crippen LogP contribution >= 0.6 is 45.2 Å². The van der Waals surface area contributed by atoms with Gasteiger partial charge in [-0.2, -0.15) is 0 Å². The predicted molar refractivity (Wildman–Crippen MR) is 96.3 cm³/mol. The number of aliphatic hydroxyl groups excluding tert-OH is 2. The Morgan fingerprint density at radius 3 is 2.73 bits per heavy atom. The van der Waals surface area contributed by atoms with Gasteiger partial charge in [-0.05, 0) is 52.2 Å². The molecular weight excluding hydrogens is 520 g/mol. The largest absolute Gasteiger partial charge is 0.394 e. The van der Waals surface area contributed by atoms with E-state index in [1.807, 2.05) is 16.8 Å². The van der Waals surface area contributed by atoms with Gasteiger partial charge in [-0.15, -0.1) is 0 Å².